The van der Waals surface area contributed by atoms with Gasteiger partial charge in [-0.2, -0.15) is 0 Å². The third kappa shape index (κ3) is 7.57. The lowest BCUT2D eigenvalue weighted by Gasteiger charge is -2.09. The predicted octanol–water partition coefficient (Wildman–Crippen LogP) is 2.76. The van der Waals surface area contributed by atoms with Crippen molar-refractivity contribution in [2.75, 3.05) is 0 Å². The first-order valence-corrected chi connectivity index (χ1v) is 4.91. The zero-order chi connectivity index (χ0) is 10.4. The van der Waals surface area contributed by atoms with E-state index in [1.807, 2.05) is 6.92 Å². The summed E-state index contributed by atoms with van der Waals surface area (Å²) in [4.78, 5) is 4.42. The quantitative estimate of drug-likeness (QED) is 0.664. The van der Waals surface area contributed by atoms with Crippen LogP contribution in [0, 0.1) is 0 Å². The van der Waals surface area contributed by atoms with E-state index in [9.17, 15) is 0 Å². The van der Waals surface area contributed by atoms with E-state index in [0.717, 1.165) is 5.71 Å². The molecule has 1 N–H and O–H groups in total. The highest BCUT2D eigenvalue weighted by Gasteiger charge is 1.94. The Kier molecular flexibility index (Phi) is 5.44. The highest BCUT2D eigenvalue weighted by Crippen LogP contribution is 1.95. The van der Waals surface area contributed by atoms with E-state index in [4.69, 9.17) is 0 Å². The molecule has 0 aliphatic heterocycles. The van der Waals surface area contributed by atoms with E-state index in [2.05, 4.69) is 51.0 Å². The molecule has 13 heavy (non-hydrogen) atoms. The first kappa shape index (κ1) is 12.2. The molecule has 0 saturated heterocycles. The van der Waals surface area contributed by atoms with Crippen molar-refractivity contribution in [3.8, 4) is 0 Å². The van der Waals surface area contributed by atoms with E-state index >= 15 is 0 Å². The number of hydrogen-bond acceptors (Lipinski definition) is 2. The lowest BCUT2D eigenvalue weighted by atomic mass is 10.3. The van der Waals surface area contributed by atoms with Crippen LogP contribution in [0.1, 0.15) is 41.5 Å². The SMILES string of the molecule is CC(=CC(C)=NC(C)C)NC(C)C. The maximum Gasteiger partial charge on any atom is 0.0446 e. The number of hydrogen-bond donors (Lipinski definition) is 1. The summed E-state index contributed by atoms with van der Waals surface area (Å²) in [5.41, 5.74) is 2.26. The second-order valence-corrected chi connectivity index (χ2v) is 3.99. The Balaban J connectivity index is 4.21. The van der Waals surface area contributed by atoms with Crippen molar-refractivity contribution in [3.63, 3.8) is 0 Å². The van der Waals surface area contributed by atoms with Gasteiger partial charge in [0.2, 0.25) is 0 Å². The molecule has 0 aliphatic rings. The molecule has 0 spiro atoms. The minimum atomic E-state index is 0.378. The van der Waals surface area contributed by atoms with E-state index < -0.39 is 0 Å². The second-order valence-electron chi connectivity index (χ2n) is 3.99. The molecule has 76 valence electrons. The van der Waals surface area contributed by atoms with Crippen LogP contribution >= 0.6 is 0 Å². The maximum atomic E-state index is 4.42. The fourth-order valence-corrected chi connectivity index (χ4v) is 1.25. The molecule has 0 aromatic heterocycles. The summed E-state index contributed by atoms with van der Waals surface area (Å²) < 4.78 is 0. The Morgan fingerprint density at radius 3 is 2.08 bits per heavy atom. The molecule has 0 bridgehead atoms. The minimum Gasteiger partial charge on any atom is -0.386 e. The van der Waals surface area contributed by atoms with E-state index in [-0.39, 0.29) is 0 Å². The molecule has 0 saturated carbocycles. The molecule has 0 fully saturated rings. The van der Waals surface area contributed by atoms with Crippen LogP contribution in [0.3, 0.4) is 0 Å². The predicted molar refractivity (Wildman–Crippen MR) is 60.3 cm³/mol. The van der Waals surface area contributed by atoms with Gasteiger partial charge in [-0.05, 0) is 47.6 Å². The van der Waals surface area contributed by atoms with Crippen molar-refractivity contribution in [1.82, 2.24) is 5.32 Å². The summed E-state index contributed by atoms with van der Waals surface area (Å²) in [6.45, 7) is 12.5. The van der Waals surface area contributed by atoms with Gasteiger partial charge in [-0.15, -0.1) is 0 Å². The average Bonchev–Trinajstić information content (AvgIpc) is 1.80. The third-order valence-electron chi connectivity index (χ3n) is 1.40. The van der Waals surface area contributed by atoms with Crippen molar-refractivity contribution in [2.24, 2.45) is 4.99 Å². The first-order valence-electron chi connectivity index (χ1n) is 4.91. The molecule has 0 heterocycles. The lowest BCUT2D eigenvalue weighted by Crippen LogP contribution is -2.20. The summed E-state index contributed by atoms with van der Waals surface area (Å²) in [7, 11) is 0. The Hall–Kier alpha value is -0.790. The lowest BCUT2D eigenvalue weighted by molar-refractivity contribution is 0.670. The number of rotatable bonds is 4. The normalized spacial score (nSPS) is 14.2. The van der Waals surface area contributed by atoms with Gasteiger partial charge in [0.15, 0.2) is 0 Å². The summed E-state index contributed by atoms with van der Waals surface area (Å²) in [5, 5.41) is 3.33. The van der Waals surface area contributed by atoms with Gasteiger partial charge in [-0.1, -0.05) is 0 Å². The molecule has 0 atom stereocenters. The minimum absolute atomic E-state index is 0.378. The van der Waals surface area contributed by atoms with E-state index in [0.29, 0.717) is 12.1 Å². The summed E-state index contributed by atoms with van der Waals surface area (Å²) in [6, 6.07) is 0.867. The molecular formula is C11H22N2. The van der Waals surface area contributed by atoms with Crippen LogP contribution in [0.15, 0.2) is 16.8 Å². The smallest absolute Gasteiger partial charge is 0.0446 e. The van der Waals surface area contributed by atoms with Gasteiger partial charge in [-0.25, -0.2) is 0 Å². The van der Waals surface area contributed by atoms with Crippen LogP contribution in [-0.2, 0) is 0 Å². The molecule has 0 radical (unpaired) electrons. The van der Waals surface area contributed by atoms with E-state index in [1.165, 1.54) is 5.70 Å². The molecule has 0 unspecified atom stereocenters. The summed E-state index contributed by atoms with van der Waals surface area (Å²) >= 11 is 0. The average molecular weight is 182 g/mol. The topological polar surface area (TPSA) is 24.4 Å². The molecule has 0 aromatic carbocycles. The van der Waals surface area contributed by atoms with E-state index in [1.54, 1.807) is 0 Å². The number of aliphatic imine (C=N–C) groups is 1. The van der Waals surface area contributed by atoms with Crippen LogP contribution in [0.5, 0.6) is 0 Å². The Morgan fingerprint density at radius 2 is 1.69 bits per heavy atom. The third-order valence-corrected chi connectivity index (χ3v) is 1.40. The van der Waals surface area contributed by atoms with Gasteiger partial charge in [0.1, 0.15) is 0 Å². The number of allylic oxidation sites excluding steroid dienone is 2. The van der Waals surface area contributed by atoms with Crippen LogP contribution in [0.2, 0.25) is 0 Å². The Labute approximate surface area is 82.1 Å². The molecule has 0 aromatic rings. The molecule has 2 heteroatoms. The van der Waals surface area contributed by atoms with Crippen LogP contribution < -0.4 is 5.32 Å². The molecule has 2 nitrogen and oxygen atoms in total. The zero-order valence-electron chi connectivity index (χ0n) is 9.68. The maximum absolute atomic E-state index is 4.42. The van der Waals surface area contributed by atoms with Gasteiger partial charge >= 0.3 is 0 Å². The summed E-state index contributed by atoms with van der Waals surface area (Å²) in [5.74, 6) is 0. The Bertz CT molecular complexity index is 200. The van der Waals surface area contributed by atoms with Crippen LogP contribution in [0.4, 0.5) is 0 Å². The van der Waals surface area contributed by atoms with Crippen molar-refractivity contribution < 1.29 is 0 Å². The highest BCUT2D eigenvalue weighted by atomic mass is 14.9. The van der Waals surface area contributed by atoms with Gasteiger partial charge in [0.25, 0.3) is 0 Å². The molecule has 0 rings (SSSR count). The van der Waals surface area contributed by atoms with Crippen LogP contribution in [0.25, 0.3) is 0 Å². The standard InChI is InChI=1S/C11H22N2/c1-8(2)12-10(5)7-11(6)13-9(3)4/h7-9,12H,1-6H3. The number of nitrogens with zero attached hydrogens (tertiary/aromatic N) is 1. The van der Waals surface area contributed by atoms with Gasteiger partial charge in [-0.3, -0.25) is 4.99 Å². The van der Waals surface area contributed by atoms with Crippen molar-refractivity contribution in [3.05, 3.63) is 11.8 Å². The van der Waals surface area contributed by atoms with Crippen molar-refractivity contribution in [2.45, 2.75) is 53.6 Å². The van der Waals surface area contributed by atoms with Crippen LogP contribution in [-0.4, -0.2) is 17.8 Å². The molecule has 0 amide bonds. The summed E-state index contributed by atoms with van der Waals surface area (Å²) in [6.07, 6.45) is 2.08. The second kappa shape index (κ2) is 5.79. The largest absolute Gasteiger partial charge is 0.386 e. The van der Waals surface area contributed by atoms with Crippen molar-refractivity contribution in [1.29, 1.82) is 0 Å². The zero-order valence-corrected chi connectivity index (χ0v) is 9.68. The Morgan fingerprint density at radius 1 is 1.15 bits per heavy atom. The number of nitrogens with one attached hydrogen (secondary N) is 1. The fourth-order valence-electron chi connectivity index (χ4n) is 1.25. The molecular weight excluding hydrogens is 160 g/mol. The van der Waals surface area contributed by atoms with Crippen molar-refractivity contribution >= 4 is 5.71 Å². The van der Waals surface area contributed by atoms with Gasteiger partial charge in [0, 0.05) is 23.5 Å². The van der Waals surface area contributed by atoms with Gasteiger partial charge < -0.3 is 5.32 Å². The highest BCUT2D eigenvalue weighted by molar-refractivity contribution is 5.93. The molecule has 0 aliphatic carbocycles. The fraction of sp³-hybridized carbons (Fsp3) is 0.727. The van der Waals surface area contributed by atoms with Gasteiger partial charge in [0.05, 0.1) is 0 Å². The monoisotopic (exact) mass is 182 g/mol. The first-order chi connectivity index (χ1) is 5.91.